The number of hydrogen-bond donors (Lipinski definition) is 2. The van der Waals surface area contributed by atoms with Crippen molar-refractivity contribution in [2.24, 2.45) is 11.1 Å². The highest BCUT2D eigenvalue weighted by atomic mass is 19.3. The van der Waals surface area contributed by atoms with Crippen LogP contribution in [0.3, 0.4) is 0 Å². The monoisotopic (exact) mass is 298 g/mol. The molecule has 1 amide bonds. The van der Waals surface area contributed by atoms with Crippen molar-refractivity contribution >= 4 is 5.91 Å². The second-order valence-corrected chi connectivity index (χ2v) is 5.62. The van der Waals surface area contributed by atoms with Gasteiger partial charge in [-0.3, -0.25) is 4.79 Å². The maximum Gasteiger partial charge on any atom is 0.387 e. The first kappa shape index (κ1) is 15.7. The van der Waals surface area contributed by atoms with Crippen molar-refractivity contribution in [3.63, 3.8) is 0 Å². The molecular formula is C15H20F2N2O2. The van der Waals surface area contributed by atoms with E-state index in [-0.39, 0.29) is 17.7 Å². The van der Waals surface area contributed by atoms with Crippen LogP contribution in [0.15, 0.2) is 24.3 Å². The number of amides is 1. The Hall–Kier alpha value is -1.69. The van der Waals surface area contributed by atoms with E-state index in [0.717, 1.165) is 24.8 Å². The lowest BCUT2D eigenvalue weighted by Crippen LogP contribution is -2.47. The Bertz CT molecular complexity index is 493. The lowest BCUT2D eigenvalue weighted by molar-refractivity contribution is -0.130. The van der Waals surface area contributed by atoms with E-state index in [0.29, 0.717) is 6.54 Å². The van der Waals surface area contributed by atoms with Crippen LogP contribution >= 0.6 is 0 Å². The summed E-state index contributed by atoms with van der Waals surface area (Å²) in [4.78, 5) is 12.2. The van der Waals surface area contributed by atoms with E-state index in [4.69, 9.17) is 5.73 Å². The summed E-state index contributed by atoms with van der Waals surface area (Å²) in [5.74, 6) is 0.0465. The standard InChI is InChI=1S/C15H20F2N2O2/c1-15(8-2-3-12(15)18)13(20)19-9-10-4-6-11(7-5-10)21-14(16)17/h4-7,12,14H,2-3,8-9,18H2,1H3,(H,19,20). The summed E-state index contributed by atoms with van der Waals surface area (Å²) in [6.07, 6.45) is 2.62. The number of carbonyl (C=O) groups excluding carboxylic acids is 1. The van der Waals surface area contributed by atoms with Crippen LogP contribution in [0, 0.1) is 5.41 Å². The fourth-order valence-corrected chi connectivity index (χ4v) is 2.65. The number of rotatable bonds is 5. The number of hydrogen-bond acceptors (Lipinski definition) is 3. The molecule has 0 radical (unpaired) electrons. The molecule has 3 N–H and O–H groups in total. The molecule has 1 aliphatic carbocycles. The fourth-order valence-electron chi connectivity index (χ4n) is 2.65. The minimum absolute atomic E-state index is 0.0552. The highest BCUT2D eigenvalue weighted by Gasteiger charge is 2.42. The number of nitrogens with two attached hydrogens (primary N) is 1. The van der Waals surface area contributed by atoms with E-state index in [9.17, 15) is 13.6 Å². The van der Waals surface area contributed by atoms with Crippen LogP contribution in [-0.2, 0) is 11.3 Å². The minimum atomic E-state index is -2.83. The Balaban J connectivity index is 1.89. The lowest BCUT2D eigenvalue weighted by Gasteiger charge is -2.27. The zero-order valence-corrected chi connectivity index (χ0v) is 11.9. The maximum atomic E-state index is 12.2. The van der Waals surface area contributed by atoms with Gasteiger partial charge in [0.05, 0.1) is 5.41 Å². The van der Waals surface area contributed by atoms with E-state index < -0.39 is 12.0 Å². The summed E-state index contributed by atoms with van der Waals surface area (Å²) >= 11 is 0. The van der Waals surface area contributed by atoms with Gasteiger partial charge >= 0.3 is 6.61 Å². The van der Waals surface area contributed by atoms with Gasteiger partial charge in [-0.2, -0.15) is 8.78 Å². The molecule has 1 aromatic rings. The molecule has 0 aromatic heterocycles. The van der Waals surface area contributed by atoms with Gasteiger partial charge in [-0.15, -0.1) is 0 Å². The van der Waals surface area contributed by atoms with Crippen molar-refractivity contribution in [3.05, 3.63) is 29.8 Å². The second kappa shape index (κ2) is 6.39. The highest BCUT2D eigenvalue weighted by Crippen LogP contribution is 2.36. The Labute approximate surface area is 122 Å². The van der Waals surface area contributed by atoms with Gasteiger partial charge in [-0.1, -0.05) is 18.6 Å². The van der Waals surface area contributed by atoms with Gasteiger partial charge in [0, 0.05) is 12.6 Å². The molecule has 6 heteroatoms. The van der Waals surface area contributed by atoms with Crippen molar-refractivity contribution in [2.75, 3.05) is 0 Å². The Morgan fingerprint density at radius 2 is 2.14 bits per heavy atom. The number of carbonyl (C=O) groups is 1. The van der Waals surface area contributed by atoms with Crippen LogP contribution in [0.25, 0.3) is 0 Å². The van der Waals surface area contributed by atoms with Crippen LogP contribution in [0.1, 0.15) is 31.7 Å². The molecular weight excluding hydrogens is 278 g/mol. The molecule has 2 rings (SSSR count). The average molecular weight is 298 g/mol. The number of nitrogens with one attached hydrogen (secondary N) is 1. The van der Waals surface area contributed by atoms with Crippen LogP contribution in [0.4, 0.5) is 8.78 Å². The topological polar surface area (TPSA) is 64.3 Å². The van der Waals surface area contributed by atoms with E-state index in [1.54, 1.807) is 12.1 Å². The molecule has 1 aliphatic rings. The van der Waals surface area contributed by atoms with Crippen molar-refractivity contribution in [1.82, 2.24) is 5.32 Å². The van der Waals surface area contributed by atoms with Crippen molar-refractivity contribution in [1.29, 1.82) is 0 Å². The molecule has 0 heterocycles. The maximum absolute atomic E-state index is 12.2. The molecule has 0 aliphatic heterocycles. The SMILES string of the molecule is CC1(C(=O)NCc2ccc(OC(F)F)cc2)CCCC1N. The number of benzene rings is 1. The Morgan fingerprint density at radius 1 is 1.48 bits per heavy atom. The largest absolute Gasteiger partial charge is 0.435 e. The third-order valence-corrected chi connectivity index (χ3v) is 4.15. The predicted octanol–water partition coefficient (Wildman–Crippen LogP) is 2.42. The summed E-state index contributed by atoms with van der Waals surface area (Å²) < 4.78 is 28.3. The van der Waals surface area contributed by atoms with Gasteiger partial charge in [0.15, 0.2) is 0 Å². The molecule has 1 aromatic carbocycles. The van der Waals surface area contributed by atoms with E-state index in [2.05, 4.69) is 10.1 Å². The number of halogens is 2. The van der Waals surface area contributed by atoms with Crippen LogP contribution in [0.2, 0.25) is 0 Å². The predicted molar refractivity (Wildman–Crippen MR) is 74.9 cm³/mol. The fraction of sp³-hybridized carbons (Fsp3) is 0.533. The zero-order chi connectivity index (χ0) is 15.5. The molecule has 2 unspecified atom stereocenters. The second-order valence-electron chi connectivity index (χ2n) is 5.62. The van der Waals surface area contributed by atoms with Crippen molar-refractivity contribution < 1.29 is 18.3 Å². The van der Waals surface area contributed by atoms with Crippen molar-refractivity contribution in [2.45, 2.75) is 45.4 Å². The Morgan fingerprint density at radius 3 is 2.67 bits per heavy atom. The molecule has 0 spiro atoms. The van der Waals surface area contributed by atoms with E-state index >= 15 is 0 Å². The highest BCUT2D eigenvalue weighted by molar-refractivity contribution is 5.83. The molecule has 1 fully saturated rings. The summed E-state index contributed by atoms with van der Waals surface area (Å²) in [7, 11) is 0. The Kier molecular flexibility index (Phi) is 4.77. The number of ether oxygens (including phenoxy) is 1. The number of alkyl halides is 2. The smallest absolute Gasteiger partial charge is 0.387 e. The molecule has 0 bridgehead atoms. The average Bonchev–Trinajstić information content (AvgIpc) is 2.78. The first-order valence-electron chi connectivity index (χ1n) is 6.99. The zero-order valence-electron chi connectivity index (χ0n) is 11.9. The summed E-state index contributed by atoms with van der Waals surface area (Å²) in [5.41, 5.74) is 6.31. The summed E-state index contributed by atoms with van der Waals surface area (Å²) in [6, 6.07) is 6.09. The van der Waals surface area contributed by atoms with Crippen LogP contribution in [-0.4, -0.2) is 18.6 Å². The summed E-state index contributed by atoms with van der Waals surface area (Å²) in [5, 5.41) is 2.86. The molecule has 0 saturated heterocycles. The minimum Gasteiger partial charge on any atom is -0.435 e. The normalized spacial score (nSPS) is 25.1. The van der Waals surface area contributed by atoms with Crippen LogP contribution < -0.4 is 15.8 Å². The van der Waals surface area contributed by atoms with Gasteiger partial charge in [0.2, 0.25) is 5.91 Å². The van der Waals surface area contributed by atoms with E-state index in [1.807, 2.05) is 6.92 Å². The van der Waals surface area contributed by atoms with Gasteiger partial charge in [0.1, 0.15) is 5.75 Å². The van der Waals surface area contributed by atoms with Crippen LogP contribution in [0.5, 0.6) is 5.75 Å². The first-order chi connectivity index (χ1) is 9.91. The molecule has 4 nitrogen and oxygen atoms in total. The van der Waals surface area contributed by atoms with Gasteiger partial charge in [-0.05, 0) is 37.5 Å². The third kappa shape index (κ3) is 3.69. The summed E-state index contributed by atoms with van der Waals surface area (Å²) in [6.45, 7) is -0.602. The third-order valence-electron chi connectivity index (χ3n) is 4.15. The molecule has 1 saturated carbocycles. The molecule has 116 valence electrons. The lowest BCUT2D eigenvalue weighted by atomic mass is 9.84. The molecule has 2 atom stereocenters. The van der Waals surface area contributed by atoms with Gasteiger partial charge < -0.3 is 15.8 Å². The first-order valence-corrected chi connectivity index (χ1v) is 6.99. The molecule has 21 heavy (non-hydrogen) atoms. The van der Waals surface area contributed by atoms with E-state index in [1.165, 1.54) is 12.1 Å². The van der Waals surface area contributed by atoms with Gasteiger partial charge in [0.25, 0.3) is 0 Å². The quantitative estimate of drug-likeness (QED) is 0.877. The van der Waals surface area contributed by atoms with Gasteiger partial charge in [-0.25, -0.2) is 0 Å². The van der Waals surface area contributed by atoms with Crippen molar-refractivity contribution in [3.8, 4) is 5.75 Å².